The van der Waals surface area contributed by atoms with E-state index in [0.717, 1.165) is 11.4 Å². The van der Waals surface area contributed by atoms with Crippen LogP contribution in [0, 0.1) is 0 Å². The molecule has 3 heterocycles. The molecular weight excluding hydrogens is 242 g/mol. The Labute approximate surface area is 109 Å². The van der Waals surface area contributed by atoms with Crippen molar-refractivity contribution in [2.24, 2.45) is 0 Å². The van der Waals surface area contributed by atoms with Crippen molar-refractivity contribution in [3.8, 4) is 11.4 Å². The fourth-order valence-electron chi connectivity index (χ4n) is 1.92. The Bertz CT molecular complexity index is 735. The van der Waals surface area contributed by atoms with E-state index >= 15 is 0 Å². The zero-order chi connectivity index (χ0) is 13.2. The molecule has 0 atom stereocenters. The number of methoxy groups -OCH3 is 1. The minimum absolute atomic E-state index is 0.399. The van der Waals surface area contributed by atoms with Crippen molar-refractivity contribution < 1.29 is 9.53 Å². The topological polar surface area (TPSA) is 56.5 Å². The van der Waals surface area contributed by atoms with Crippen LogP contribution in [0.2, 0.25) is 0 Å². The van der Waals surface area contributed by atoms with E-state index < -0.39 is 5.97 Å². The van der Waals surface area contributed by atoms with E-state index in [0.29, 0.717) is 11.2 Å². The molecule has 0 spiro atoms. The molecule has 0 N–H and O–H groups in total. The Morgan fingerprint density at radius 2 is 2.11 bits per heavy atom. The number of fused-ring (bicyclic) bond motifs is 1. The first-order chi connectivity index (χ1) is 9.29. The Morgan fingerprint density at radius 3 is 2.84 bits per heavy atom. The van der Waals surface area contributed by atoms with Crippen molar-refractivity contribution in [3.63, 3.8) is 0 Å². The monoisotopic (exact) mass is 253 g/mol. The highest BCUT2D eigenvalue weighted by molar-refractivity contribution is 5.96. The molecule has 3 aromatic heterocycles. The van der Waals surface area contributed by atoms with E-state index in [4.69, 9.17) is 4.74 Å². The summed E-state index contributed by atoms with van der Waals surface area (Å²) in [5, 5.41) is 0. The van der Waals surface area contributed by atoms with Gasteiger partial charge in [-0.15, -0.1) is 0 Å². The second-order valence-electron chi connectivity index (χ2n) is 3.99. The lowest BCUT2D eigenvalue weighted by molar-refractivity contribution is 0.0602. The molecule has 0 radical (unpaired) electrons. The molecule has 5 nitrogen and oxygen atoms in total. The Kier molecular flexibility index (Phi) is 2.72. The zero-order valence-electron chi connectivity index (χ0n) is 10.3. The Morgan fingerprint density at radius 1 is 1.21 bits per heavy atom. The van der Waals surface area contributed by atoms with Crippen LogP contribution in [0.4, 0.5) is 0 Å². The standard InChI is InChI=1S/C14H11N3O2/c1-19-14(18)10-5-4-8-17-9-12(16-13(10)17)11-6-2-3-7-15-11/h2-9H,1H3. The minimum Gasteiger partial charge on any atom is -0.465 e. The van der Waals surface area contributed by atoms with Gasteiger partial charge in [-0.1, -0.05) is 6.07 Å². The summed E-state index contributed by atoms with van der Waals surface area (Å²) < 4.78 is 6.54. The fraction of sp³-hybridized carbons (Fsp3) is 0.0714. The van der Waals surface area contributed by atoms with Gasteiger partial charge in [0.1, 0.15) is 11.3 Å². The second kappa shape index (κ2) is 4.53. The molecule has 94 valence electrons. The summed E-state index contributed by atoms with van der Waals surface area (Å²) in [7, 11) is 1.36. The molecule has 3 aromatic rings. The predicted molar refractivity (Wildman–Crippen MR) is 69.8 cm³/mol. The van der Waals surface area contributed by atoms with Crippen molar-refractivity contribution in [2.75, 3.05) is 7.11 Å². The maximum absolute atomic E-state index is 11.7. The summed E-state index contributed by atoms with van der Waals surface area (Å²) in [5.74, 6) is -0.399. The molecule has 0 unspecified atom stereocenters. The molecule has 0 amide bonds. The third kappa shape index (κ3) is 1.95. The van der Waals surface area contributed by atoms with Crippen LogP contribution in [0.25, 0.3) is 17.0 Å². The first-order valence-corrected chi connectivity index (χ1v) is 5.77. The van der Waals surface area contributed by atoms with Gasteiger partial charge in [0.2, 0.25) is 0 Å². The zero-order valence-corrected chi connectivity index (χ0v) is 10.3. The molecule has 0 aliphatic rings. The molecule has 0 fully saturated rings. The second-order valence-corrected chi connectivity index (χ2v) is 3.99. The van der Waals surface area contributed by atoms with E-state index in [2.05, 4.69) is 9.97 Å². The van der Waals surface area contributed by atoms with Crippen LogP contribution in [-0.4, -0.2) is 27.4 Å². The van der Waals surface area contributed by atoms with Gasteiger partial charge in [-0.2, -0.15) is 0 Å². The smallest absolute Gasteiger partial charge is 0.341 e. The molecule has 0 saturated heterocycles. The van der Waals surface area contributed by atoms with Gasteiger partial charge in [-0.25, -0.2) is 9.78 Å². The summed E-state index contributed by atoms with van der Waals surface area (Å²) in [6.45, 7) is 0. The maximum atomic E-state index is 11.7. The van der Waals surface area contributed by atoms with Crippen molar-refractivity contribution in [3.05, 3.63) is 54.5 Å². The number of hydrogen-bond acceptors (Lipinski definition) is 4. The van der Waals surface area contributed by atoms with Crippen LogP contribution in [0.3, 0.4) is 0 Å². The van der Waals surface area contributed by atoms with Crippen LogP contribution in [-0.2, 0) is 4.74 Å². The quantitative estimate of drug-likeness (QED) is 0.657. The number of ether oxygens (including phenoxy) is 1. The van der Waals surface area contributed by atoms with Crippen LogP contribution in [0.1, 0.15) is 10.4 Å². The van der Waals surface area contributed by atoms with Gasteiger partial charge in [0.25, 0.3) is 0 Å². The highest BCUT2D eigenvalue weighted by Gasteiger charge is 2.14. The Balaban J connectivity index is 2.19. The molecule has 0 aromatic carbocycles. The van der Waals surface area contributed by atoms with Gasteiger partial charge in [-0.05, 0) is 24.3 Å². The predicted octanol–water partition coefficient (Wildman–Crippen LogP) is 2.18. The number of imidazole rings is 1. The van der Waals surface area contributed by atoms with Gasteiger partial charge in [-0.3, -0.25) is 4.98 Å². The number of esters is 1. The lowest BCUT2D eigenvalue weighted by Crippen LogP contribution is -2.03. The van der Waals surface area contributed by atoms with E-state index in [-0.39, 0.29) is 0 Å². The first-order valence-electron chi connectivity index (χ1n) is 5.77. The molecule has 0 bridgehead atoms. The number of rotatable bonds is 2. The number of nitrogens with zero attached hydrogens (tertiary/aromatic N) is 3. The van der Waals surface area contributed by atoms with Crippen LogP contribution >= 0.6 is 0 Å². The SMILES string of the molecule is COC(=O)c1cccn2cc(-c3ccccn3)nc12. The number of carbonyl (C=O) groups is 1. The van der Waals surface area contributed by atoms with Gasteiger partial charge in [0.05, 0.1) is 12.8 Å². The van der Waals surface area contributed by atoms with Gasteiger partial charge < -0.3 is 9.14 Å². The molecule has 5 heteroatoms. The van der Waals surface area contributed by atoms with E-state index in [1.54, 1.807) is 22.7 Å². The fourth-order valence-corrected chi connectivity index (χ4v) is 1.92. The first kappa shape index (κ1) is 11.4. The van der Waals surface area contributed by atoms with Crippen molar-refractivity contribution in [1.82, 2.24) is 14.4 Å². The minimum atomic E-state index is -0.399. The van der Waals surface area contributed by atoms with Gasteiger partial charge >= 0.3 is 5.97 Å². The van der Waals surface area contributed by atoms with E-state index in [1.165, 1.54) is 7.11 Å². The molecule has 3 rings (SSSR count). The molecular formula is C14H11N3O2. The van der Waals surface area contributed by atoms with Crippen LogP contribution in [0.5, 0.6) is 0 Å². The van der Waals surface area contributed by atoms with Crippen molar-refractivity contribution in [2.45, 2.75) is 0 Å². The Hall–Kier alpha value is -2.69. The lowest BCUT2D eigenvalue weighted by Gasteiger charge is -2.00. The normalized spacial score (nSPS) is 10.6. The third-order valence-corrected chi connectivity index (χ3v) is 2.82. The van der Waals surface area contributed by atoms with Crippen molar-refractivity contribution >= 4 is 11.6 Å². The summed E-state index contributed by atoms with van der Waals surface area (Å²) >= 11 is 0. The largest absolute Gasteiger partial charge is 0.465 e. The number of carbonyl (C=O) groups excluding carboxylic acids is 1. The van der Waals surface area contributed by atoms with Gasteiger partial charge in [0, 0.05) is 18.6 Å². The number of pyridine rings is 2. The average molecular weight is 253 g/mol. The summed E-state index contributed by atoms with van der Waals surface area (Å²) in [6, 6.07) is 9.09. The third-order valence-electron chi connectivity index (χ3n) is 2.82. The molecule has 19 heavy (non-hydrogen) atoms. The summed E-state index contributed by atoms with van der Waals surface area (Å²) in [5.41, 5.74) is 2.49. The van der Waals surface area contributed by atoms with Gasteiger partial charge in [0.15, 0.2) is 5.65 Å². The highest BCUT2D eigenvalue weighted by atomic mass is 16.5. The maximum Gasteiger partial charge on any atom is 0.341 e. The highest BCUT2D eigenvalue weighted by Crippen LogP contribution is 2.19. The summed E-state index contributed by atoms with van der Waals surface area (Å²) in [4.78, 5) is 20.4. The van der Waals surface area contributed by atoms with E-state index in [1.807, 2.05) is 30.6 Å². The van der Waals surface area contributed by atoms with Crippen LogP contribution in [0.15, 0.2) is 48.9 Å². The van der Waals surface area contributed by atoms with Crippen molar-refractivity contribution in [1.29, 1.82) is 0 Å². The van der Waals surface area contributed by atoms with E-state index in [9.17, 15) is 4.79 Å². The summed E-state index contributed by atoms with van der Waals surface area (Å²) in [6.07, 6.45) is 5.38. The lowest BCUT2D eigenvalue weighted by atomic mass is 10.3. The molecule has 0 aliphatic heterocycles. The molecule has 0 saturated carbocycles. The number of aromatic nitrogens is 3. The van der Waals surface area contributed by atoms with Crippen LogP contribution < -0.4 is 0 Å². The molecule has 0 aliphatic carbocycles. The number of hydrogen-bond donors (Lipinski definition) is 0. The average Bonchev–Trinajstić information content (AvgIpc) is 2.91.